The number of benzene rings is 1. The van der Waals surface area contributed by atoms with Crippen molar-refractivity contribution >= 4 is 33.2 Å². The van der Waals surface area contributed by atoms with E-state index in [1.54, 1.807) is 0 Å². The fourth-order valence-corrected chi connectivity index (χ4v) is 4.72. The molecule has 3 atom stereocenters. The van der Waals surface area contributed by atoms with Gasteiger partial charge in [0.15, 0.2) is 5.82 Å². The van der Waals surface area contributed by atoms with E-state index in [0.29, 0.717) is 18.9 Å². The summed E-state index contributed by atoms with van der Waals surface area (Å²) in [6.45, 7) is 0. The van der Waals surface area contributed by atoms with Crippen molar-refractivity contribution in [3.05, 3.63) is 36.0 Å². The van der Waals surface area contributed by atoms with Crippen molar-refractivity contribution in [3.8, 4) is 6.07 Å². The number of quaternary nitrogens is 1. The molecule has 0 saturated heterocycles. The largest absolute Gasteiger partial charge is 0.542 e. The Balaban J connectivity index is 0.000000708. The second kappa shape index (κ2) is 12.1. The maximum Gasteiger partial charge on any atom is 0.501 e. The van der Waals surface area contributed by atoms with Crippen LogP contribution in [-0.2, 0) is 14.6 Å². The third kappa shape index (κ3) is 7.63. The number of anilines is 2. The molecular formula is C22H24F6N6O5S. The van der Waals surface area contributed by atoms with Gasteiger partial charge in [-0.05, 0) is 30.7 Å². The van der Waals surface area contributed by atoms with E-state index < -0.39 is 38.3 Å². The quantitative estimate of drug-likeness (QED) is 0.407. The monoisotopic (exact) mass is 598 g/mol. The van der Waals surface area contributed by atoms with Crippen LogP contribution in [0.4, 0.5) is 37.8 Å². The van der Waals surface area contributed by atoms with Crippen LogP contribution in [0.2, 0.25) is 0 Å². The van der Waals surface area contributed by atoms with Crippen LogP contribution in [0.1, 0.15) is 35.7 Å². The molecule has 1 aromatic carbocycles. The zero-order chi connectivity index (χ0) is 30.6. The molecule has 1 amide bonds. The van der Waals surface area contributed by atoms with Crippen molar-refractivity contribution in [2.24, 2.45) is 11.7 Å². The summed E-state index contributed by atoms with van der Waals surface area (Å²) in [5, 5.41) is 25.6. The second-order valence-electron chi connectivity index (χ2n) is 9.01. The molecule has 11 nitrogen and oxygen atoms in total. The molecule has 4 N–H and O–H groups in total. The number of hydrogen-bond acceptors (Lipinski definition) is 8. The van der Waals surface area contributed by atoms with E-state index in [-0.39, 0.29) is 29.0 Å². The average molecular weight is 599 g/mol. The molecule has 0 radical (unpaired) electrons. The molecule has 0 spiro atoms. The summed E-state index contributed by atoms with van der Waals surface area (Å²) in [5.41, 5.74) is 0.301. The van der Waals surface area contributed by atoms with Gasteiger partial charge >= 0.3 is 11.7 Å². The lowest BCUT2D eigenvalue weighted by Crippen LogP contribution is -3.10. The Morgan fingerprint density at radius 1 is 1.15 bits per heavy atom. The summed E-state index contributed by atoms with van der Waals surface area (Å²) in [7, 11) is -1.40. The third-order valence-electron chi connectivity index (χ3n) is 6.10. The molecule has 0 aliphatic heterocycles. The smallest absolute Gasteiger partial charge is 0.501 e. The van der Waals surface area contributed by atoms with Crippen LogP contribution in [-0.4, -0.2) is 61.9 Å². The van der Waals surface area contributed by atoms with Crippen LogP contribution in [0.25, 0.3) is 0 Å². The predicted molar refractivity (Wildman–Crippen MR) is 123 cm³/mol. The van der Waals surface area contributed by atoms with Crippen LogP contribution in [0.5, 0.6) is 0 Å². The van der Waals surface area contributed by atoms with Gasteiger partial charge in [0.25, 0.3) is 15.7 Å². The normalized spacial score (nSPS) is 19.8. The van der Waals surface area contributed by atoms with Crippen molar-refractivity contribution in [2.45, 2.75) is 47.9 Å². The molecule has 18 heteroatoms. The molecule has 3 unspecified atom stereocenters. The lowest BCUT2D eigenvalue weighted by atomic mass is 9.82. The summed E-state index contributed by atoms with van der Waals surface area (Å²) >= 11 is 0. The minimum Gasteiger partial charge on any atom is -0.542 e. The van der Waals surface area contributed by atoms with E-state index >= 15 is 0 Å². The highest BCUT2D eigenvalue weighted by Crippen LogP contribution is 2.35. The van der Waals surface area contributed by atoms with E-state index in [9.17, 15) is 44.8 Å². The van der Waals surface area contributed by atoms with Crippen LogP contribution in [0.15, 0.2) is 35.4 Å². The molecule has 1 heterocycles. The number of carboxylic acids is 1. The lowest BCUT2D eigenvalue weighted by molar-refractivity contribution is -0.887. The van der Waals surface area contributed by atoms with Gasteiger partial charge in [-0.25, -0.2) is 8.42 Å². The number of amides is 1. The van der Waals surface area contributed by atoms with Crippen molar-refractivity contribution in [1.82, 2.24) is 9.78 Å². The number of rotatable bonds is 6. The number of alkyl halides is 6. The molecule has 1 fully saturated rings. The summed E-state index contributed by atoms with van der Waals surface area (Å²) in [5.74, 6) is -4.04. The van der Waals surface area contributed by atoms with Gasteiger partial charge in [0, 0.05) is 24.7 Å². The Labute approximate surface area is 224 Å². The number of hydrogen-bond donors (Lipinski definition) is 3. The van der Waals surface area contributed by atoms with E-state index in [4.69, 9.17) is 15.6 Å². The number of nitrogens with two attached hydrogens (primary N) is 1. The number of nitrogens with zero attached hydrogens (tertiary/aromatic N) is 3. The summed E-state index contributed by atoms with van der Waals surface area (Å²) < 4.78 is 94.3. The number of carbonyl (C=O) groups excluding carboxylic acids is 2. The minimum absolute atomic E-state index is 0.0408. The first-order valence-corrected chi connectivity index (χ1v) is 12.8. The van der Waals surface area contributed by atoms with Gasteiger partial charge in [0.05, 0.1) is 43.1 Å². The summed E-state index contributed by atoms with van der Waals surface area (Å²) in [4.78, 5) is 21.1. The van der Waals surface area contributed by atoms with E-state index in [2.05, 4.69) is 16.5 Å². The van der Waals surface area contributed by atoms with Crippen molar-refractivity contribution in [1.29, 1.82) is 5.26 Å². The number of aliphatic carboxylic acids is 1. The van der Waals surface area contributed by atoms with Gasteiger partial charge in [0.1, 0.15) is 11.5 Å². The van der Waals surface area contributed by atoms with E-state index in [0.717, 1.165) is 30.7 Å². The summed E-state index contributed by atoms with van der Waals surface area (Å²) in [6, 6.07) is 6.26. The van der Waals surface area contributed by atoms with Crippen LogP contribution in [0, 0.1) is 17.2 Å². The van der Waals surface area contributed by atoms with Crippen molar-refractivity contribution in [2.75, 3.05) is 19.4 Å². The van der Waals surface area contributed by atoms with E-state index in [1.807, 2.05) is 14.1 Å². The Morgan fingerprint density at radius 2 is 1.70 bits per heavy atom. The number of carbonyl (C=O) groups is 2. The number of nitrogens with one attached hydrogen (secondary N) is 2. The lowest BCUT2D eigenvalue weighted by Gasteiger charge is -2.33. The van der Waals surface area contributed by atoms with Gasteiger partial charge in [0.2, 0.25) is 0 Å². The standard InChI is InChI=1S/C20H23F3N6O3S.C2HF3O2/c1-28(2)14-5-8-17(12(9-14)10-24)29-11-16(18(25)30)19(27-29)26-13-3-6-15(7-4-13)33(31,32)20(21,22)23;3-2(4,5)1(6)7/h3-4,6-7,11-12,14,17H,5,8-9H2,1-2H3,(H2,25,30)(H,26,27);(H,6,7). The second-order valence-corrected chi connectivity index (χ2v) is 11.0. The maximum absolute atomic E-state index is 12.7. The van der Waals surface area contributed by atoms with Gasteiger partial charge in [-0.1, -0.05) is 0 Å². The first kappa shape index (κ1) is 32.4. The number of carboxylic acid groups (broad SMARTS) is 1. The van der Waals surface area contributed by atoms with Gasteiger partial charge in [-0.2, -0.15) is 36.7 Å². The van der Waals surface area contributed by atoms with Crippen molar-refractivity contribution in [3.63, 3.8) is 0 Å². The fourth-order valence-electron chi connectivity index (χ4n) is 3.96. The number of aromatic nitrogens is 2. The first-order chi connectivity index (χ1) is 18.3. The summed E-state index contributed by atoms with van der Waals surface area (Å²) in [6.07, 6.45) is -1.52. The Morgan fingerprint density at radius 3 is 2.12 bits per heavy atom. The average Bonchev–Trinajstić information content (AvgIpc) is 3.26. The number of halogens is 6. The highest BCUT2D eigenvalue weighted by molar-refractivity contribution is 7.92. The van der Waals surface area contributed by atoms with Crippen molar-refractivity contribution < 1.29 is 54.4 Å². The molecule has 1 aliphatic rings. The third-order valence-corrected chi connectivity index (χ3v) is 7.60. The molecule has 0 bridgehead atoms. The molecule has 220 valence electrons. The molecule has 1 aromatic heterocycles. The highest BCUT2D eigenvalue weighted by atomic mass is 32.2. The van der Waals surface area contributed by atoms with Crippen LogP contribution in [0.3, 0.4) is 0 Å². The fraction of sp³-hybridized carbons (Fsp3) is 0.455. The molecule has 40 heavy (non-hydrogen) atoms. The predicted octanol–water partition coefficient (Wildman–Crippen LogP) is 0.696. The number of nitriles is 1. The molecule has 3 rings (SSSR count). The van der Waals surface area contributed by atoms with Crippen LogP contribution >= 0.6 is 0 Å². The number of sulfone groups is 1. The Hall–Kier alpha value is -3.85. The Bertz CT molecular complexity index is 1370. The molecule has 2 aromatic rings. The zero-order valence-electron chi connectivity index (χ0n) is 20.9. The highest BCUT2D eigenvalue weighted by Gasteiger charge is 2.46. The molecule has 1 saturated carbocycles. The Kier molecular flexibility index (Phi) is 9.81. The minimum atomic E-state index is -5.47. The number of primary amides is 1. The molecule has 1 aliphatic carbocycles. The van der Waals surface area contributed by atoms with Gasteiger partial charge in [-0.15, -0.1) is 0 Å². The SMILES string of the molecule is C[NH+](C)C1CCC(n2cc(C(N)=O)c(Nc3ccc(S(=O)(=O)C(F)(F)F)cc3)n2)C(C#N)C1.O=C([O-])C(F)(F)F. The van der Waals surface area contributed by atoms with Gasteiger partial charge < -0.3 is 25.9 Å². The zero-order valence-corrected chi connectivity index (χ0v) is 21.7. The first-order valence-electron chi connectivity index (χ1n) is 11.3. The molecular weight excluding hydrogens is 574 g/mol. The van der Waals surface area contributed by atoms with E-state index in [1.165, 1.54) is 15.8 Å². The van der Waals surface area contributed by atoms with Crippen LogP contribution < -0.4 is 21.1 Å². The maximum atomic E-state index is 12.7. The topological polar surface area (TPSA) is 175 Å². The van der Waals surface area contributed by atoms with Gasteiger partial charge in [-0.3, -0.25) is 9.48 Å².